The van der Waals surface area contributed by atoms with E-state index in [1.807, 2.05) is 19.1 Å². The maximum atomic E-state index is 8.74. The van der Waals surface area contributed by atoms with Crippen molar-refractivity contribution in [3.05, 3.63) is 29.3 Å². The lowest BCUT2D eigenvalue weighted by molar-refractivity contribution is 0.318. The SMILES string of the molecule is Cc1cc(N2CCCN(C)CC2)ccc1/C(N)=N/O. The summed E-state index contributed by atoms with van der Waals surface area (Å²) in [6, 6.07) is 6.08. The molecule has 0 radical (unpaired) electrons. The maximum absolute atomic E-state index is 8.74. The summed E-state index contributed by atoms with van der Waals surface area (Å²) in [5.74, 6) is 0.166. The Morgan fingerprint density at radius 1 is 1.26 bits per heavy atom. The molecule has 3 N–H and O–H groups in total. The molecule has 2 rings (SSSR count). The van der Waals surface area contributed by atoms with Crippen molar-refractivity contribution in [2.75, 3.05) is 38.1 Å². The van der Waals surface area contributed by atoms with Gasteiger partial charge in [-0.3, -0.25) is 0 Å². The summed E-state index contributed by atoms with van der Waals surface area (Å²) in [7, 11) is 2.16. The summed E-state index contributed by atoms with van der Waals surface area (Å²) in [6.45, 7) is 6.34. The second-order valence-electron chi connectivity index (χ2n) is 5.13. The largest absolute Gasteiger partial charge is 0.409 e. The molecule has 19 heavy (non-hydrogen) atoms. The van der Waals surface area contributed by atoms with E-state index in [1.165, 1.54) is 12.1 Å². The van der Waals surface area contributed by atoms with Crippen LogP contribution in [0.2, 0.25) is 0 Å². The minimum Gasteiger partial charge on any atom is -0.409 e. The molecular weight excluding hydrogens is 240 g/mol. The average molecular weight is 262 g/mol. The Morgan fingerprint density at radius 3 is 2.74 bits per heavy atom. The monoisotopic (exact) mass is 262 g/mol. The molecule has 1 heterocycles. The Hall–Kier alpha value is -1.75. The zero-order valence-corrected chi connectivity index (χ0v) is 11.6. The van der Waals surface area contributed by atoms with Gasteiger partial charge >= 0.3 is 0 Å². The topological polar surface area (TPSA) is 65.1 Å². The van der Waals surface area contributed by atoms with Crippen molar-refractivity contribution < 1.29 is 5.21 Å². The van der Waals surface area contributed by atoms with Gasteiger partial charge in [0.15, 0.2) is 5.84 Å². The number of nitrogens with two attached hydrogens (primary N) is 1. The summed E-state index contributed by atoms with van der Waals surface area (Å²) in [5.41, 5.74) is 8.68. The highest BCUT2D eigenvalue weighted by Gasteiger charge is 2.14. The molecule has 0 atom stereocenters. The Kier molecular flexibility index (Phi) is 4.27. The van der Waals surface area contributed by atoms with Crippen molar-refractivity contribution in [1.29, 1.82) is 0 Å². The molecule has 1 aromatic carbocycles. The fourth-order valence-electron chi connectivity index (χ4n) is 2.49. The molecule has 104 valence electrons. The van der Waals surface area contributed by atoms with Gasteiger partial charge in [0.1, 0.15) is 0 Å². The van der Waals surface area contributed by atoms with Crippen LogP contribution in [0.25, 0.3) is 0 Å². The third-order valence-electron chi connectivity index (χ3n) is 3.68. The fraction of sp³-hybridized carbons (Fsp3) is 0.500. The highest BCUT2D eigenvalue weighted by atomic mass is 16.4. The standard InChI is InChI=1S/C14H22N4O/c1-11-10-12(4-5-13(11)14(15)16-19)18-7-3-6-17(2)8-9-18/h4-5,10,19H,3,6-9H2,1-2H3,(H2,15,16). The van der Waals surface area contributed by atoms with Gasteiger partial charge in [0, 0.05) is 30.9 Å². The van der Waals surface area contributed by atoms with Crippen molar-refractivity contribution in [1.82, 2.24) is 4.90 Å². The van der Waals surface area contributed by atoms with E-state index in [0.29, 0.717) is 0 Å². The van der Waals surface area contributed by atoms with Crippen LogP contribution in [-0.4, -0.2) is 49.2 Å². The minimum absolute atomic E-state index is 0.166. The van der Waals surface area contributed by atoms with E-state index in [9.17, 15) is 0 Å². The number of amidine groups is 1. The van der Waals surface area contributed by atoms with E-state index in [2.05, 4.69) is 28.1 Å². The number of nitrogens with zero attached hydrogens (tertiary/aromatic N) is 3. The summed E-state index contributed by atoms with van der Waals surface area (Å²) in [5, 5.41) is 11.8. The average Bonchev–Trinajstić information content (AvgIpc) is 2.62. The first-order valence-electron chi connectivity index (χ1n) is 6.64. The van der Waals surface area contributed by atoms with Gasteiger partial charge in [0.2, 0.25) is 0 Å². The van der Waals surface area contributed by atoms with E-state index in [-0.39, 0.29) is 5.84 Å². The molecule has 0 aliphatic carbocycles. The van der Waals surface area contributed by atoms with Gasteiger partial charge in [-0.2, -0.15) is 0 Å². The Balaban J connectivity index is 2.19. The molecule has 0 unspecified atom stereocenters. The molecule has 0 amide bonds. The Bertz CT molecular complexity index is 473. The van der Waals surface area contributed by atoms with Crippen molar-refractivity contribution >= 4 is 11.5 Å². The van der Waals surface area contributed by atoms with E-state index < -0.39 is 0 Å². The zero-order chi connectivity index (χ0) is 13.8. The van der Waals surface area contributed by atoms with Crippen LogP contribution in [0.4, 0.5) is 5.69 Å². The molecule has 1 aliphatic rings. The van der Waals surface area contributed by atoms with Crippen molar-refractivity contribution in [3.8, 4) is 0 Å². The van der Waals surface area contributed by atoms with Crippen LogP contribution in [0, 0.1) is 6.92 Å². The van der Waals surface area contributed by atoms with Crippen LogP contribution in [0.5, 0.6) is 0 Å². The van der Waals surface area contributed by atoms with E-state index >= 15 is 0 Å². The van der Waals surface area contributed by atoms with Gasteiger partial charge in [0.25, 0.3) is 0 Å². The summed E-state index contributed by atoms with van der Waals surface area (Å²) in [6.07, 6.45) is 1.18. The van der Waals surface area contributed by atoms with Crippen LogP contribution < -0.4 is 10.6 Å². The first kappa shape index (κ1) is 13.7. The third kappa shape index (κ3) is 3.17. The number of oxime groups is 1. The van der Waals surface area contributed by atoms with Crippen molar-refractivity contribution in [3.63, 3.8) is 0 Å². The van der Waals surface area contributed by atoms with E-state index in [1.54, 1.807) is 0 Å². The van der Waals surface area contributed by atoms with Crippen LogP contribution in [0.1, 0.15) is 17.5 Å². The van der Waals surface area contributed by atoms with Gasteiger partial charge in [-0.1, -0.05) is 5.16 Å². The molecule has 5 heteroatoms. The number of anilines is 1. The van der Waals surface area contributed by atoms with E-state index in [4.69, 9.17) is 10.9 Å². The number of aryl methyl sites for hydroxylation is 1. The van der Waals surface area contributed by atoms with Gasteiger partial charge in [0.05, 0.1) is 0 Å². The molecule has 0 spiro atoms. The molecule has 5 nitrogen and oxygen atoms in total. The van der Waals surface area contributed by atoms with E-state index in [0.717, 1.165) is 37.3 Å². The van der Waals surface area contributed by atoms with Crippen LogP contribution in [0.15, 0.2) is 23.4 Å². The second-order valence-corrected chi connectivity index (χ2v) is 5.13. The normalized spacial score (nSPS) is 18.4. The molecule has 1 saturated heterocycles. The summed E-state index contributed by atoms with van der Waals surface area (Å²) >= 11 is 0. The van der Waals surface area contributed by atoms with Gasteiger partial charge in [-0.15, -0.1) is 0 Å². The third-order valence-corrected chi connectivity index (χ3v) is 3.68. The number of benzene rings is 1. The first-order chi connectivity index (χ1) is 9.11. The predicted molar refractivity (Wildman–Crippen MR) is 78.0 cm³/mol. The molecule has 0 bridgehead atoms. The number of hydrogen-bond donors (Lipinski definition) is 2. The molecule has 0 aromatic heterocycles. The number of likely N-dealkylation sites (N-methyl/N-ethyl adjacent to an activating group) is 1. The smallest absolute Gasteiger partial charge is 0.170 e. The summed E-state index contributed by atoms with van der Waals surface area (Å²) in [4.78, 5) is 4.75. The van der Waals surface area contributed by atoms with Crippen LogP contribution in [0.3, 0.4) is 0 Å². The van der Waals surface area contributed by atoms with Gasteiger partial charge < -0.3 is 20.7 Å². The predicted octanol–water partition coefficient (Wildman–Crippen LogP) is 1.23. The minimum atomic E-state index is 0.166. The van der Waals surface area contributed by atoms with Crippen LogP contribution >= 0.6 is 0 Å². The molecule has 0 saturated carbocycles. The van der Waals surface area contributed by atoms with Gasteiger partial charge in [-0.25, -0.2) is 0 Å². The quantitative estimate of drug-likeness (QED) is 0.364. The lowest BCUT2D eigenvalue weighted by Gasteiger charge is -2.23. The first-order valence-corrected chi connectivity index (χ1v) is 6.64. The van der Waals surface area contributed by atoms with Gasteiger partial charge in [-0.05, 0) is 50.7 Å². The lowest BCUT2D eigenvalue weighted by Crippen LogP contribution is -2.28. The highest BCUT2D eigenvalue weighted by Crippen LogP contribution is 2.20. The molecule has 1 aliphatic heterocycles. The molecule has 1 aromatic rings. The number of hydrogen-bond acceptors (Lipinski definition) is 4. The summed E-state index contributed by atoms with van der Waals surface area (Å²) < 4.78 is 0. The second kappa shape index (κ2) is 5.93. The number of rotatable bonds is 2. The lowest BCUT2D eigenvalue weighted by atomic mass is 10.1. The Labute approximate surface area is 114 Å². The molecular formula is C14H22N4O. The Morgan fingerprint density at radius 2 is 2.05 bits per heavy atom. The van der Waals surface area contributed by atoms with Crippen molar-refractivity contribution in [2.24, 2.45) is 10.9 Å². The van der Waals surface area contributed by atoms with Crippen molar-refractivity contribution in [2.45, 2.75) is 13.3 Å². The molecule has 1 fully saturated rings. The maximum Gasteiger partial charge on any atom is 0.170 e. The zero-order valence-electron chi connectivity index (χ0n) is 11.6. The fourth-order valence-corrected chi connectivity index (χ4v) is 2.49. The highest BCUT2D eigenvalue weighted by molar-refractivity contribution is 5.98. The van der Waals surface area contributed by atoms with Crippen LogP contribution in [-0.2, 0) is 0 Å².